The van der Waals surface area contributed by atoms with E-state index in [4.69, 9.17) is 23.2 Å². The predicted molar refractivity (Wildman–Crippen MR) is 83.2 cm³/mol. The van der Waals surface area contributed by atoms with Gasteiger partial charge in [0.25, 0.3) is 0 Å². The van der Waals surface area contributed by atoms with Gasteiger partial charge in [-0.05, 0) is 24.7 Å². The Kier molecular flexibility index (Phi) is 5.64. The second-order valence-electron chi connectivity index (χ2n) is 4.48. The maximum atomic E-state index is 5.87. The summed E-state index contributed by atoms with van der Waals surface area (Å²) < 4.78 is 0. The molecule has 0 spiro atoms. The van der Waals surface area contributed by atoms with Crippen molar-refractivity contribution in [3.8, 4) is 0 Å². The highest BCUT2D eigenvalue weighted by atomic mass is 35.5. The smallest absolute Gasteiger partial charge is 0.0941 e. The van der Waals surface area contributed by atoms with Crippen molar-refractivity contribution < 1.29 is 0 Å². The van der Waals surface area contributed by atoms with Crippen LogP contribution in [0.3, 0.4) is 0 Å². The number of aromatic nitrogens is 1. The van der Waals surface area contributed by atoms with E-state index < -0.39 is 0 Å². The van der Waals surface area contributed by atoms with Gasteiger partial charge in [0.2, 0.25) is 0 Å². The Hall–Kier alpha value is -0.610. The van der Waals surface area contributed by atoms with Crippen LogP contribution in [0.15, 0.2) is 29.6 Å². The maximum Gasteiger partial charge on any atom is 0.0941 e. The standard InChI is InChI=1S/C14H16Cl2N2S/c1-18(9-11-2-4-12(16)5-3-11)7-6-14-17-13(8-15)10-19-14/h2-5,10H,6-9H2,1H3. The molecule has 0 radical (unpaired) electrons. The molecule has 102 valence electrons. The lowest BCUT2D eigenvalue weighted by molar-refractivity contribution is 0.331. The lowest BCUT2D eigenvalue weighted by atomic mass is 10.2. The molecule has 0 aliphatic carbocycles. The monoisotopic (exact) mass is 314 g/mol. The van der Waals surface area contributed by atoms with E-state index in [2.05, 4.69) is 29.1 Å². The summed E-state index contributed by atoms with van der Waals surface area (Å²) in [5.41, 5.74) is 2.24. The Morgan fingerprint density at radius 3 is 2.63 bits per heavy atom. The van der Waals surface area contributed by atoms with Crippen molar-refractivity contribution in [2.75, 3.05) is 13.6 Å². The first kappa shape index (κ1) is 14.8. The fraction of sp³-hybridized carbons (Fsp3) is 0.357. The number of benzene rings is 1. The fourth-order valence-electron chi connectivity index (χ4n) is 1.79. The molecule has 1 heterocycles. The van der Waals surface area contributed by atoms with Crippen LogP contribution in [0.5, 0.6) is 0 Å². The summed E-state index contributed by atoms with van der Waals surface area (Å²) in [6.07, 6.45) is 0.964. The van der Waals surface area contributed by atoms with Crippen LogP contribution >= 0.6 is 34.5 Å². The topological polar surface area (TPSA) is 16.1 Å². The van der Waals surface area contributed by atoms with Crippen molar-refractivity contribution in [2.24, 2.45) is 0 Å². The molecule has 5 heteroatoms. The number of alkyl halides is 1. The first-order valence-electron chi connectivity index (χ1n) is 6.09. The number of rotatable bonds is 6. The van der Waals surface area contributed by atoms with Gasteiger partial charge in [-0.15, -0.1) is 22.9 Å². The molecule has 0 atom stereocenters. The minimum Gasteiger partial charge on any atom is -0.302 e. The first-order valence-corrected chi connectivity index (χ1v) is 7.89. The summed E-state index contributed by atoms with van der Waals surface area (Å²) in [5.74, 6) is 0.497. The van der Waals surface area contributed by atoms with Crippen molar-refractivity contribution >= 4 is 34.5 Å². The minimum atomic E-state index is 0.497. The molecule has 19 heavy (non-hydrogen) atoms. The second-order valence-corrected chi connectivity index (χ2v) is 6.13. The van der Waals surface area contributed by atoms with Gasteiger partial charge in [-0.1, -0.05) is 23.7 Å². The zero-order chi connectivity index (χ0) is 13.7. The molecule has 0 fully saturated rings. The SMILES string of the molecule is CN(CCc1nc(CCl)cs1)Cc1ccc(Cl)cc1. The highest BCUT2D eigenvalue weighted by Gasteiger charge is 2.04. The minimum absolute atomic E-state index is 0.497. The van der Waals surface area contributed by atoms with Crippen molar-refractivity contribution in [3.63, 3.8) is 0 Å². The number of likely N-dealkylation sites (N-methyl/N-ethyl adjacent to an activating group) is 1. The van der Waals surface area contributed by atoms with E-state index in [0.29, 0.717) is 5.88 Å². The van der Waals surface area contributed by atoms with Gasteiger partial charge in [0.1, 0.15) is 0 Å². The van der Waals surface area contributed by atoms with Crippen LogP contribution in [-0.2, 0) is 18.8 Å². The average Bonchev–Trinajstić information content (AvgIpc) is 2.87. The fourth-order valence-corrected chi connectivity index (χ4v) is 2.93. The first-order chi connectivity index (χ1) is 9.17. The van der Waals surface area contributed by atoms with Crippen LogP contribution in [0, 0.1) is 0 Å². The van der Waals surface area contributed by atoms with Crippen LogP contribution in [-0.4, -0.2) is 23.5 Å². The molecule has 1 aromatic heterocycles. The Labute approximate surface area is 128 Å². The van der Waals surface area contributed by atoms with E-state index in [9.17, 15) is 0 Å². The van der Waals surface area contributed by atoms with Crippen LogP contribution in [0.2, 0.25) is 5.02 Å². The van der Waals surface area contributed by atoms with Crippen LogP contribution in [0.25, 0.3) is 0 Å². The Bertz CT molecular complexity index is 510. The number of hydrogen-bond donors (Lipinski definition) is 0. The van der Waals surface area contributed by atoms with Gasteiger partial charge < -0.3 is 4.90 Å². The van der Waals surface area contributed by atoms with Crippen molar-refractivity contribution in [3.05, 3.63) is 50.9 Å². The molecule has 0 saturated heterocycles. The largest absolute Gasteiger partial charge is 0.302 e. The molecule has 0 aliphatic heterocycles. The van der Waals surface area contributed by atoms with Crippen LogP contribution < -0.4 is 0 Å². The normalized spacial score (nSPS) is 11.2. The third-order valence-electron chi connectivity index (χ3n) is 2.81. The van der Waals surface area contributed by atoms with Gasteiger partial charge in [-0.25, -0.2) is 4.98 Å². The van der Waals surface area contributed by atoms with Gasteiger partial charge >= 0.3 is 0 Å². The molecule has 0 bridgehead atoms. The van der Waals surface area contributed by atoms with Crippen LogP contribution in [0.4, 0.5) is 0 Å². The van der Waals surface area contributed by atoms with Crippen molar-refractivity contribution in [1.82, 2.24) is 9.88 Å². The Morgan fingerprint density at radius 1 is 1.26 bits per heavy atom. The van der Waals surface area contributed by atoms with E-state index >= 15 is 0 Å². The molecule has 2 nitrogen and oxygen atoms in total. The molecule has 0 aliphatic rings. The summed E-state index contributed by atoms with van der Waals surface area (Å²) in [5, 5.41) is 3.96. The predicted octanol–water partition coefficient (Wildman–Crippen LogP) is 4.21. The second kappa shape index (κ2) is 7.25. The molecule has 0 N–H and O–H groups in total. The van der Waals surface area contributed by atoms with E-state index in [1.54, 1.807) is 11.3 Å². The van der Waals surface area contributed by atoms with E-state index in [1.165, 1.54) is 5.56 Å². The summed E-state index contributed by atoms with van der Waals surface area (Å²) in [4.78, 5) is 6.74. The van der Waals surface area contributed by atoms with Gasteiger partial charge in [0, 0.05) is 29.9 Å². The maximum absolute atomic E-state index is 5.87. The number of halogens is 2. The third-order valence-corrected chi connectivity index (χ3v) is 4.29. The molecular formula is C14H16Cl2N2S. The number of nitrogens with zero attached hydrogens (tertiary/aromatic N) is 2. The van der Waals surface area contributed by atoms with E-state index in [0.717, 1.165) is 35.2 Å². The summed E-state index contributed by atoms with van der Waals surface area (Å²) in [6.45, 7) is 1.91. The summed E-state index contributed by atoms with van der Waals surface area (Å²) in [6, 6.07) is 7.98. The zero-order valence-electron chi connectivity index (χ0n) is 10.8. The highest BCUT2D eigenvalue weighted by molar-refractivity contribution is 7.09. The quantitative estimate of drug-likeness (QED) is 0.742. The van der Waals surface area contributed by atoms with Crippen molar-refractivity contribution in [1.29, 1.82) is 0 Å². The van der Waals surface area contributed by atoms with Gasteiger partial charge in [-0.3, -0.25) is 0 Å². The summed E-state index contributed by atoms with van der Waals surface area (Å²) >= 11 is 13.3. The Morgan fingerprint density at radius 2 is 2.00 bits per heavy atom. The molecule has 0 saturated carbocycles. The van der Waals surface area contributed by atoms with Crippen LogP contribution in [0.1, 0.15) is 16.3 Å². The third kappa shape index (κ3) is 4.77. The molecule has 2 aromatic rings. The lowest BCUT2D eigenvalue weighted by Crippen LogP contribution is -2.20. The molecule has 1 aromatic carbocycles. The zero-order valence-corrected chi connectivity index (χ0v) is 13.1. The molecule has 0 amide bonds. The number of hydrogen-bond acceptors (Lipinski definition) is 3. The van der Waals surface area contributed by atoms with Crippen molar-refractivity contribution in [2.45, 2.75) is 18.8 Å². The molecule has 2 rings (SSSR count). The van der Waals surface area contributed by atoms with E-state index in [1.807, 2.05) is 17.5 Å². The Balaban J connectivity index is 1.81. The number of thiazole rings is 1. The molecular weight excluding hydrogens is 299 g/mol. The van der Waals surface area contributed by atoms with Gasteiger partial charge in [0.05, 0.1) is 16.6 Å². The van der Waals surface area contributed by atoms with Gasteiger partial charge in [-0.2, -0.15) is 0 Å². The van der Waals surface area contributed by atoms with E-state index in [-0.39, 0.29) is 0 Å². The molecule has 0 unspecified atom stereocenters. The average molecular weight is 315 g/mol. The lowest BCUT2D eigenvalue weighted by Gasteiger charge is -2.15. The van der Waals surface area contributed by atoms with Gasteiger partial charge in [0.15, 0.2) is 0 Å². The summed E-state index contributed by atoms with van der Waals surface area (Å²) in [7, 11) is 2.12. The highest BCUT2D eigenvalue weighted by Crippen LogP contribution is 2.14.